The van der Waals surface area contributed by atoms with Crippen LogP contribution < -0.4 is 11.1 Å². The maximum atomic E-state index is 10.9. The number of carbonyl (C=O) groups is 1. The molecule has 3 N–H and O–H groups in total. The number of nitrogens with zero attached hydrogens (tertiary/aromatic N) is 1. The number of thiazole rings is 1. The van der Waals surface area contributed by atoms with Crippen LogP contribution in [0.1, 0.15) is 15.6 Å². The van der Waals surface area contributed by atoms with Gasteiger partial charge in [0, 0.05) is 4.88 Å². The highest BCUT2D eigenvalue weighted by Gasteiger charge is 2.05. The fraction of sp³-hybridized carbons (Fsp3) is 0.500. The highest BCUT2D eigenvalue weighted by molar-refractivity contribution is 7.11. The molecule has 1 aromatic rings. The number of aryl methyl sites for hydroxylation is 2. The molecule has 0 atom stereocenters. The van der Waals surface area contributed by atoms with Crippen LogP contribution in [-0.4, -0.2) is 17.4 Å². The normalized spacial score (nSPS) is 10.1. The van der Waals surface area contributed by atoms with Crippen LogP contribution in [-0.2, 0) is 11.3 Å². The zero-order valence-corrected chi connectivity index (χ0v) is 8.57. The fourth-order valence-corrected chi connectivity index (χ4v) is 1.87. The van der Waals surface area contributed by atoms with Crippen molar-refractivity contribution in [3.63, 3.8) is 0 Å². The molecule has 0 fully saturated rings. The van der Waals surface area contributed by atoms with Crippen molar-refractivity contribution in [2.75, 3.05) is 6.54 Å². The average molecular weight is 199 g/mol. The van der Waals surface area contributed by atoms with Crippen molar-refractivity contribution in [2.45, 2.75) is 20.4 Å². The second kappa shape index (κ2) is 4.34. The summed E-state index contributed by atoms with van der Waals surface area (Å²) < 4.78 is 0. The molecule has 1 aromatic heterocycles. The van der Waals surface area contributed by atoms with E-state index in [-0.39, 0.29) is 12.5 Å². The molecule has 0 aliphatic carbocycles. The van der Waals surface area contributed by atoms with Gasteiger partial charge in [-0.15, -0.1) is 11.3 Å². The molecule has 1 rings (SSSR count). The molecule has 0 aliphatic rings. The highest BCUT2D eigenvalue weighted by atomic mass is 32.1. The van der Waals surface area contributed by atoms with Gasteiger partial charge in [0.1, 0.15) is 0 Å². The molecule has 0 aliphatic heterocycles. The molecular formula is C8H13N3OS. The Morgan fingerprint density at radius 1 is 1.62 bits per heavy atom. The van der Waals surface area contributed by atoms with Crippen molar-refractivity contribution < 1.29 is 4.79 Å². The SMILES string of the molecule is Cc1nc(C)c(CNC(=O)CN)s1. The van der Waals surface area contributed by atoms with E-state index in [2.05, 4.69) is 10.3 Å². The summed E-state index contributed by atoms with van der Waals surface area (Å²) in [5, 5.41) is 3.73. The summed E-state index contributed by atoms with van der Waals surface area (Å²) in [6.45, 7) is 4.46. The minimum absolute atomic E-state index is 0.0385. The predicted octanol–water partition coefficient (Wildman–Crippen LogP) is 0.335. The first-order valence-corrected chi connectivity index (χ1v) is 4.84. The van der Waals surface area contributed by atoms with E-state index in [0.717, 1.165) is 15.6 Å². The van der Waals surface area contributed by atoms with Gasteiger partial charge in [-0.25, -0.2) is 4.98 Å². The van der Waals surface area contributed by atoms with Crippen LogP contribution >= 0.6 is 11.3 Å². The van der Waals surface area contributed by atoms with Gasteiger partial charge in [0.25, 0.3) is 0 Å². The van der Waals surface area contributed by atoms with E-state index < -0.39 is 0 Å². The van der Waals surface area contributed by atoms with Crippen molar-refractivity contribution in [2.24, 2.45) is 5.73 Å². The molecule has 0 saturated carbocycles. The van der Waals surface area contributed by atoms with Crippen molar-refractivity contribution in [1.29, 1.82) is 0 Å². The van der Waals surface area contributed by atoms with Crippen LogP contribution in [0.2, 0.25) is 0 Å². The van der Waals surface area contributed by atoms with Crippen molar-refractivity contribution in [3.05, 3.63) is 15.6 Å². The highest BCUT2D eigenvalue weighted by Crippen LogP contribution is 2.16. The number of nitrogens with one attached hydrogen (secondary N) is 1. The largest absolute Gasteiger partial charge is 0.350 e. The Morgan fingerprint density at radius 2 is 2.31 bits per heavy atom. The number of aromatic nitrogens is 1. The van der Waals surface area contributed by atoms with Gasteiger partial charge < -0.3 is 11.1 Å². The van der Waals surface area contributed by atoms with Gasteiger partial charge in [0.05, 0.1) is 23.8 Å². The Labute approximate surface area is 81.2 Å². The van der Waals surface area contributed by atoms with E-state index in [4.69, 9.17) is 5.73 Å². The van der Waals surface area contributed by atoms with Crippen molar-refractivity contribution in [3.8, 4) is 0 Å². The molecule has 4 nitrogen and oxygen atoms in total. The predicted molar refractivity (Wildman–Crippen MR) is 52.5 cm³/mol. The Morgan fingerprint density at radius 3 is 2.77 bits per heavy atom. The Balaban J connectivity index is 2.54. The number of hydrogen-bond donors (Lipinski definition) is 2. The maximum absolute atomic E-state index is 10.9. The van der Waals surface area contributed by atoms with Gasteiger partial charge in [0.2, 0.25) is 5.91 Å². The Hall–Kier alpha value is -0.940. The summed E-state index contributed by atoms with van der Waals surface area (Å²) in [6.07, 6.45) is 0. The molecule has 0 unspecified atom stereocenters. The van der Waals surface area contributed by atoms with E-state index >= 15 is 0 Å². The van der Waals surface area contributed by atoms with Gasteiger partial charge >= 0.3 is 0 Å². The summed E-state index contributed by atoms with van der Waals surface area (Å²) in [5.41, 5.74) is 6.14. The van der Waals surface area contributed by atoms with Crippen molar-refractivity contribution >= 4 is 17.2 Å². The lowest BCUT2D eigenvalue weighted by molar-refractivity contribution is -0.119. The topological polar surface area (TPSA) is 68.0 Å². The number of rotatable bonds is 3. The third-order valence-electron chi connectivity index (χ3n) is 1.63. The second-order valence-electron chi connectivity index (χ2n) is 2.72. The molecule has 72 valence electrons. The zero-order chi connectivity index (χ0) is 9.84. The van der Waals surface area contributed by atoms with E-state index in [0.29, 0.717) is 6.54 Å². The van der Waals surface area contributed by atoms with Gasteiger partial charge in [-0.3, -0.25) is 4.79 Å². The minimum atomic E-state index is -0.134. The molecule has 0 radical (unpaired) electrons. The lowest BCUT2D eigenvalue weighted by Gasteiger charge is -2.00. The molecular weight excluding hydrogens is 186 g/mol. The standard InChI is InChI=1S/C8H13N3OS/c1-5-7(13-6(2)11-5)4-10-8(12)3-9/h3-4,9H2,1-2H3,(H,10,12). The van der Waals surface area contributed by atoms with Crippen molar-refractivity contribution in [1.82, 2.24) is 10.3 Å². The summed E-state index contributed by atoms with van der Waals surface area (Å²) >= 11 is 1.60. The van der Waals surface area contributed by atoms with E-state index in [1.165, 1.54) is 0 Å². The number of nitrogens with two attached hydrogens (primary N) is 1. The van der Waals surface area contributed by atoms with Gasteiger partial charge in [0.15, 0.2) is 0 Å². The first-order chi connectivity index (χ1) is 6.13. The molecule has 0 aromatic carbocycles. The summed E-state index contributed by atoms with van der Waals surface area (Å²) in [4.78, 5) is 16.2. The molecule has 5 heteroatoms. The molecule has 13 heavy (non-hydrogen) atoms. The number of carbonyl (C=O) groups excluding carboxylic acids is 1. The smallest absolute Gasteiger partial charge is 0.234 e. The molecule has 1 heterocycles. The van der Waals surface area contributed by atoms with Crippen LogP contribution in [0.5, 0.6) is 0 Å². The monoisotopic (exact) mass is 199 g/mol. The maximum Gasteiger partial charge on any atom is 0.234 e. The molecule has 0 saturated heterocycles. The molecule has 0 spiro atoms. The summed E-state index contributed by atoms with van der Waals surface area (Å²) in [5.74, 6) is -0.134. The third kappa shape index (κ3) is 2.78. The molecule has 1 amide bonds. The molecule has 0 bridgehead atoms. The van der Waals surface area contributed by atoms with Crippen LogP contribution in [0.25, 0.3) is 0 Å². The minimum Gasteiger partial charge on any atom is -0.350 e. The fourth-order valence-electron chi connectivity index (χ4n) is 0.989. The van der Waals surface area contributed by atoms with Gasteiger partial charge in [-0.05, 0) is 13.8 Å². The summed E-state index contributed by atoms with van der Waals surface area (Å²) in [6, 6.07) is 0. The van der Waals surface area contributed by atoms with Gasteiger partial charge in [-0.1, -0.05) is 0 Å². The van der Waals surface area contributed by atoms with Crippen LogP contribution in [0, 0.1) is 13.8 Å². The first-order valence-electron chi connectivity index (χ1n) is 4.03. The lowest BCUT2D eigenvalue weighted by atomic mass is 10.4. The van der Waals surface area contributed by atoms with Crippen LogP contribution in [0.3, 0.4) is 0 Å². The van der Waals surface area contributed by atoms with E-state index in [1.807, 2.05) is 13.8 Å². The summed E-state index contributed by atoms with van der Waals surface area (Å²) in [7, 11) is 0. The zero-order valence-electron chi connectivity index (χ0n) is 7.76. The second-order valence-corrected chi connectivity index (χ2v) is 4.01. The van der Waals surface area contributed by atoms with E-state index in [1.54, 1.807) is 11.3 Å². The average Bonchev–Trinajstić information content (AvgIpc) is 2.41. The number of amides is 1. The van der Waals surface area contributed by atoms with Gasteiger partial charge in [-0.2, -0.15) is 0 Å². The van der Waals surface area contributed by atoms with E-state index in [9.17, 15) is 4.79 Å². The van der Waals surface area contributed by atoms with Crippen LogP contribution in [0.4, 0.5) is 0 Å². The Kier molecular flexibility index (Phi) is 3.39. The van der Waals surface area contributed by atoms with Crippen LogP contribution in [0.15, 0.2) is 0 Å². The quantitative estimate of drug-likeness (QED) is 0.737. The third-order valence-corrected chi connectivity index (χ3v) is 2.70. The Bertz CT molecular complexity index is 308. The lowest BCUT2D eigenvalue weighted by Crippen LogP contribution is -2.29. The first kappa shape index (κ1) is 10.1. The number of hydrogen-bond acceptors (Lipinski definition) is 4.